The van der Waals surface area contributed by atoms with E-state index in [1.807, 2.05) is 31.2 Å². The third-order valence-corrected chi connectivity index (χ3v) is 3.80. The molecular weight excluding hydrogens is 359 g/mol. The van der Waals surface area contributed by atoms with Crippen LogP contribution < -0.4 is 10.2 Å². The van der Waals surface area contributed by atoms with Gasteiger partial charge in [-0.05, 0) is 18.6 Å². The molecule has 0 atom stereocenters. The molecule has 0 saturated heterocycles. The molecule has 0 spiro atoms. The molecule has 23 heavy (non-hydrogen) atoms. The van der Waals surface area contributed by atoms with E-state index >= 15 is 0 Å². The number of nitrogens with one attached hydrogen (secondary N) is 1. The standard InChI is InChI=1S/C16H13Cl3N2O2/c1-10-3-2-4-11(5-10)8-20-21-16(22)9-23-15-7-13(18)12(17)6-14(15)19/h2-8H,9H2,1H3,(H,21,22). The summed E-state index contributed by atoms with van der Waals surface area (Å²) >= 11 is 17.6. The number of hydrazone groups is 1. The first-order chi connectivity index (χ1) is 11.0. The quantitative estimate of drug-likeness (QED) is 0.478. The molecule has 4 nitrogen and oxygen atoms in total. The summed E-state index contributed by atoms with van der Waals surface area (Å²) in [5.74, 6) is -0.144. The summed E-state index contributed by atoms with van der Waals surface area (Å²) in [6, 6.07) is 10.6. The molecule has 120 valence electrons. The Kier molecular flexibility index (Phi) is 6.28. The highest BCUT2D eigenvalue weighted by Gasteiger charge is 2.09. The molecule has 0 heterocycles. The third kappa shape index (κ3) is 5.43. The fraction of sp³-hybridized carbons (Fsp3) is 0.125. The summed E-state index contributed by atoms with van der Waals surface area (Å²) in [5.41, 5.74) is 4.37. The average molecular weight is 372 g/mol. The van der Waals surface area contributed by atoms with Crippen LogP contribution in [-0.2, 0) is 4.79 Å². The van der Waals surface area contributed by atoms with Crippen LogP contribution in [0.1, 0.15) is 11.1 Å². The maximum Gasteiger partial charge on any atom is 0.277 e. The Bertz CT molecular complexity index is 748. The highest BCUT2D eigenvalue weighted by Crippen LogP contribution is 2.33. The van der Waals surface area contributed by atoms with E-state index in [2.05, 4.69) is 10.5 Å². The van der Waals surface area contributed by atoms with Crippen LogP contribution in [-0.4, -0.2) is 18.7 Å². The number of aryl methyl sites for hydroxylation is 1. The lowest BCUT2D eigenvalue weighted by atomic mass is 10.2. The molecule has 0 fully saturated rings. The zero-order valence-corrected chi connectivity index (χ0v) is 14.4. The first-order valence-electron chi connectivity index (χ1n) is 6.61. The normalized spacial score (nSPS) is 10.8. The Morgan fingerprint density at radius 1 is 1.17 bits per heavy atom. The topological polar surface area (TPSA) is 50.7 Å². The summed E-state index contributed by atoms with van der Waals surface area (Å²) in [6.45, 7) is 1.73. The first-order valence-corrected chi connectivity index (χ1v) is 7.75. The summed E-state index contributed by atoms with van der Waals surface area (Å²) in [5, 5.41) is 4.75. The summed E-state index contributed by atoms with van der Waals surface area (Å²) < 4.78 is 5.30. The van der Waals surface area contributed by atoms with Gasteiger partial charge in [0.2, 0.25) is 0 Å². The van der Waals surface area contributed by atoms with Crippen molar-refractivity contribution in [2.24, 2.45) is 5.10 Å². The van der Waals surface area contributed by atoms with E-state index in [1.54, 1.807) is 6.21 Å². The van der Waals surface area contributed by atoms with Crippen molar-refractivity contribution >= 4 is 46.9 Å². The second-order valence-electron chi connectivity index (χ2n) is 4.69. The second kappa shape index (κ2) is 8.20. The number of carbonyl (C=O) groups excluding carboxylic acids is 1. The number of rotatable bonds is 5. The number of ether oxygens (including phenoxy) is 1. The molecule has 7 heteroatoms. The predicted octanol–water partition coefficient (Wildman–Crippen LogP) is 4.48. The summed E-state index contributed by atoms with van der Waals surface area (Å²) in [6.07, 6.45) is 1.55. The SMILES string of the molecule is Cc1cccc(C=NNC(=O)COc2cc(Cl)c(Cl)cc2Cl)c1. The van der Waals surface area contributed by atoms with Gasteiger partial charge in [-0.2, -0.15) is 5.10 Å². The maximum atomic E-state index is 11.7. The largest absolute Gasteiger partial charge is 0.482 e. The molecule has 0 bridgehead atoms. The van der Waals surface area contributed by atoms with Gasteiger partial charge >= 0.3 is 0 Å². The van der Waals surface area contributed by atoms with Crippen molar-refractivity contribution in [3.63, 3.8) is 0 Å². The van der Waals surface area contributed by atoms with E-state index in [-0.39, 0.29) is 17.4 Å². The van der Waals surface area contributed by atoms with Crippen molar-refractivity contribution in [2.75, 3.05) is 6.61 Å². The molecular formula is C16H13Cl3N2O2. The lowest BCUT2D eigenvalue weighted by molar-refractivity contribution is -0.123. The Hall–Kier alpha value is -1.75. The number of hydrogen-bond acceptors (Lipinski definition) is 3. The van der Waals surface area contributed by atoms with Gasteiger partial charge in [-0.25, -0.2) is 5.43 Å². The molecule has 0 aliphatic heterocycles. The fourth-order valence-electron chi connectivity index (χ4n) is 1.72. The monoisotopic (exact) mass is 370 g/mol. The molecule has 0 aliphatic carbocycles. The smallest absolute Gasteiger partial charge is 0.277 e. The highest BCUT2D eigenvalue weighted by molar-refractivity contribution is 6.43. The number of amides is 1. The van der Waals surface area contributed by atoms with Crippen molar-refractivity contribution in [1.82, 2.24) is 5.43 Å². The molecule has 0 aromatic heterocycles. The molecule has 0 aliphatic rings. The lowest BCUT2D eigenvalue weighted by Gasteiger charge is -2.08. The van der Waals surface area contributed by atoms with E-state index in [0.717, 1.165) is 11.1 Å². The number of benzene rings is 2. The molecule has 2 aromatic carbocycles. The number of carbonyl (C=O) groups is 1. The first kappa shape index (κ1) is 17.6. The van der Waals surface area contributed by atoms with Crippen LogP contribution in [0.15, 0.2) is 41.5 Å². The van der Waals surface area contributed by atoms with Gasteiger partial charge in [0.1, 0.15) is 5.75 Å². The third-order valence-electron chi connectivity index (χ3n) is 2.78. The van der Waals surface area contributed by atoms with Crippen LogP contribution in [0, 0.1) is 6.92 Å². The zero-order chi connectivity index (χ0) is 16.8. The molecule has 2 rings (SSSR count). The zero-order valence-electron chi connectivity index (χ0n) is 12.1. The second-order valence-corrected chi connectivity index (χ2v) is 5.91. The summed E-state index contributed by atoms with van der Waals surface area (Å²) in [7, 11) is 0. The lowest BCUT2D eigenvalue weighted by Crippen LogP contribution is -2.24. The summed E-state index contributed by atoms with van der Waals surface area (Å²) in [4.78, 5) is 11.7. The predicted molar refractivity (Wildman–Crippen MR) is 93.9 cm³/mol. The molecule has 2 aromatic rings. The van der Waals surface area contributed by atoms with Gasteiger partial charge < -0.3 is 4.74 Å². The molecule has 0 saturated carbocycles. The van der Waals surface area contributed by atoms with E-state index in [4.69, 9.17) is 39.5 Å². The molecule has 0 unspecified atom stereocenters. The molecule has 1 amide bonds. The van der Waals surface area contributed by atoms with Crippen LogP contribution >= 0.6 is 34.8 Å². The van der Waals surface area contributed by atoms with Crippen molar-refractivity contribution in [3.8, 4) is 5.75 Å². The highest BCUT2D eigenvalue weighted by atomic mass is 35.5. The molecule has 1 N–H and O–H groups in total. The van der Waals surface area contributed by atoms with E-state index in [1.165, 1.54) is 12.1 Å². The van der Waals surface area contributed by atoms with Gasteiger partial charge in [0, 0.05) is 6.07 Å². The van der Waals surface area contributed by atoms with Crippen LogP contribution in [0.5, 0.6) is 5.75 Å². The Labute approximate surface area is 149 Å². The van der Waals surface area contributed by atoms with Crippen LogP contribution in [0.2, 0.25) is 15.1 Å². The van der Waals surface area contributed by atoms with Crippen LogP contribution in [0.25, 0.3) is 0 Å². The Balaban J connectivity index is 1.87. The van der Waals surface area contributed by atoms with Crippen molar-refractivity contribution < 1.29 is 9.53 Å². The van der Waals surface area contributed by atoms with Gasteiger partial charge in [-0.3, -0.25) is 4.79 Å². The van der Waals surface area contributed by atoms with Crippen molar-refractivity contribution in [1.29, 1.82) is 0 Å². The van der Waals surface area contributed by atoms with E-state index < -0.39 is 5.91 Å². The number of hydrogen-bond donors (Lipinski definition) is 1. The molecule has 0 radical (unpaired) electrons. The Morgan fingerprint density at radius 3 is 2.65 bits per heavy atom. The van der Waals surface area contributed by atoms with Gasteiger partial charge in [-0.15, -0.1) is 0 Å². The fourth-order valence-corrected chi connectivity index (χ4v) is 2.31. The van der Waals surface area contributed by atoms with Crippen molar-refractivity contribution in [3.05, 3.63) is 62.6 Å². The Morgan fingerprint density at radius 2 is 1.91 bits per heavy atom. The number of halogens is 3. The average Bonchev–Trinajstić information content (AvgIpc) is 2.50. The van der Waals surface area contributed by atoms with Gasteiger partial charge in [0.15, 0.2) is 6.61 Å². The van der Waals surface area contributed by atoms with Gasteiger partial charge in [-0.1, -0.05) is 64.6 Å². The van der Waals surface area contributed by atoms with Crippen LogP contribution in [0.4, 0.5) is 0 Å². The maximum absolute atomic E-state index is 11.7. The van der Waals surface area contributed by atoms with Gasteiger partial charge in [0.25, 0.3) is 5.91 Å². The van der Waals surface area contributed by atoms with E-state index in [0.29, 0.717) is 10.0 Å². The number of nitrogens with zero attached hydrogens (tertiary/aromatic N) is 1. The van der Waals surface area contributed by atoms with E-state index in [9.17, 15) is 4.79 Å². The van der Waals surface area contributed by atoms with Crippen LogP contribution in [0.3, 0.4) is 0 Å². The van der Waals surface area contributed by atoms with Gasteiger partial charge in [0.05, 0.1) is 21.3 Å². The minimum atomic E-state index is -0.420. The minimum Gasteiger partial charge on any atom is -0.482 e. The minimum absolute atomic E-state index is 0.247. The van der Waals surface area contributed by atoms with Crippen molar-refractivity contribution in [2.45, 2.75) is 6.92 Å².